The summed E-state index contributed by atoms with van der Waals surface area (Å²) in [6.45, 7) is 6.87. The maximum absolute atomic E-state index is 5.91. The molecule has 106 valence electrons. The second-order valence-electron chi connectivity index (χ2n) is 4.64. The standard InChI is InChI=1S/C14H21ClN2OS/c15-13-1-3-14(4-2-13)17-7-5-16(6-8-17)9-10-18-11-12-19/h1-4,19H,5-12H2. The molecule has 0 bridgehead atoms. The quantitative estimate of drug-likeness (QED) is 0.642. The Hall–Kier alpha value is -0.420. The van der Waals surface area contributed by atoms with Gasteiger partial charge in [0.15, 0.2) is 0 Å². The Labute approximate surface area is 125 Å². The van der Waals surface area contributed by atoms with E-state index in [1.807, 2.05) is 12.1 Å². The number of nitrogens with zero attached hydrogens (tertiary/aromatic N) is 2. The first-order valence-electron chi connectivity index (χ1n) is 6.71. The van der Waals surface area contributed by atoms with E-state index in [0.717, 1.165) is 56.7 Å². The van der Waals surface area contributed by atoms with E-state index in [4.69, 9.17) is 16.3 Å². The van der Waals surface area contributed by atoms with Crippen molar-refractivity contribution in [1.29, 1.82) is 0 Å². The average Bonchev–Trinajstić information content (AvgIpc) is 2.45. The van der Waals surface area contributed by atoms with Gasteiger partial charge in [-0.15, -0.1) is 0 Å². The van der Waals surface area contributed by atoms with Crippen molar-refractivity contribution >= 4 is 29.9 Å². The summed E-state index contributed by atoms with van der Waals surface area (Å²) in [6.07, 6.45) is 0. The van der Waals surface area contributed by atoms with Crippen LogP contribution in [0.5, 0.6) is 0 Å². The van der Waals surface area contributed by atoms with E-state index in [-0.39, 0.29) is 0 Å². The Morgan fingerprint density at radius 2 is 1.74 bits per heavy atom. The number of benzene rings is 1. The number of piperazine rings is 1. The molecule has 19 heavy (non-hydrogen) atoms. The molecule has 0 unspecified atom stereocenters. The molecule has 2 rings (SSSR count). The number of anilines is 1. The summed E-state index contributed by atoms with van der Waals surface area (Å²) in [4.78, 5) is 4.85. The molecule has 1 aliphatic rings. The first-order valence-corrected chi connectivity index (χ1v) is 7.72. The molecule has 1 saturated heterocycles. The van der Waals surface area contributed by atoms with Crippen molar-refractivity contribution in [2.24, 2.45) is 0 Å². The Morgan fingerprint density at radius 3 is 2.37 bits per heavy atom. The molecule has 0 aromatic heterocycles. The van der Waals surface area contributed by atoms with Crippen LogP contribution in [0.2, 0.25) is 5.02 Å². The Bertz CT molecular complexity index is 366. The normalized spacial score (nSPS) is 16.8. The summed E-state index contributed by atoms with van der Waals surface area (Å²) in [5, 5.41) is 0.795. The zero-order chi connectivity index (χ0) is 13.5. The number of hydrogen-bond acceptors (Lipinski definition) is 4. The Morgan fingerprint density at radius 1 is 1.05 bits per heavy atom. The van der Waals surface area contributed by atoms with E-state index >= 15 is 0 Å². The lowest BCUT2D eigenvalue weighted by Gasteiger charge is -2.36. The summed E-state index contributed by atoms with van der Waals surface area (Å²) in [5.41, 5.74) is 1.26. The highest BCUT2D eigenvalue weighted by molar-refractivity contribution is 7.80. The minimum Gasteiger partial charge on any atom is -0.379 e. The van der Waals surface area contributed by atoms with Crippen LogP contribution >= 0.6 is 24.2 Å². The smallest absolute Gasteiger partial charge is 0.0593 e. The molecule has 0 atom stereocenters. The highest BCUT2D eigenvalue weighted by Gasteiger charge is 2.16. The summed E-state index contributed by atoms with van der Waals surface area (Å²) >= 11 is 10.0. The van der Waals surface area contributed by atoms with E-state index in [9.17, 15) is 0 Å². The molecule has 0 spiro atoms. The number of halogens is 1. The van der Waals surface area contributed by atoms with E-state index in [2.05, 4.69) is 34.6 Å². The molecule has 0 N–H and O–H groups in total. The van der Waals surface area contributed by atoms with Gasteiger partial charge in [-0.1, -0.05) is 11.6 Å². The van der Waals surface area contributed by atoms with Gasteiger partial charge in [-0.25, -0.2) is 0 Å². The van der Waals surface area contributed by atoms with Crippen LogP contribution in [0.15, 0.2) is 24.3 Å². The summed E-state index contributed by atoms with van der Waals surface area (Å²) in [7, 11) is 0. The maximum Gasteiger partial charge on any atom is 0.0593 e. The van der Waals surface area contributed by atoms with E-state index in [1.165, 1.54) is 5.69 Å². The van der Waals surface area contributed by atoms with Crippen molar-refractivity contribution in [2.75, 3.05) is 56.6 Å². The number of hydrogen-bond donors (Lipinski definition) is 1. The Balaban J connectivity index is 1.71. The highest BCUT2D eigenvalue weighted by Crippen LogP contribution is 2.19. The summed E-state index contributed by atoms with van der Waals surface area (Å²) < 4.78 is 5.46. The van der Waals surface area contributed by atoms with Crippen LogP contribution in [0.1, 0.15) is 0 Å². The molecule has 1 aromatic carbocycles. The molecule has 0 radical (unpaired) electrons. The van der Waals surface area contributed by atoms with Crippen LogP contribution in [0.3, 0.4) is 0 Å². The van der Waals surface area contributed by atoms with Crippen LogP contribution in [0.25, 0.3) is 0 Å². The summed E-state index contributed by atoms with van der Waals surface area (Å²) in [6, 6.07) is 8.09. The van der Waals surface area contributed by atoms with Crippen LogP contribution < -0.4 is 4.90 Å². The topological polar surface area (TPSA) is 15.7 Å². The van der Waals surface area contributed by atoms with Gasteiger partial charge in [-0.05, 0) is 24.3 Å². The van der Waals surface area contributed by atoms with Crippen LogP contribution in [-0.2, 0) is 4.74 Å². The van der Waals surface area contributed by atoms with Gasteiger partial charge in [0.2, 0.25) is 0 Å². The predicted octanol–water partition coefficient (Wildman–Crippen LogP) is 2.41. The molecular weight excluding hydrogens is 280 g/mol. The van der Waals surface area contributed by atoms with Gasteiger partial charge in [0.05, 0.1) is 13.2 Å². The molecule has 0 aliphatic carbocycles. The third kappa shape index (κ3) is 4.88. The van der Waals surface area contributed by atoms with Crippen molar-refractivity contribution in [3.8, 4) is 0 Å². The van der Waals surface area contributed by atoms with Crippen molar-refractivity contribution in [2.45, 2.75) is 0 Å². The van der Waals surface area contributed by atoms with Crippen LogP contribution in [0.4, 0.5) is 5.69 Å². The highest BCUT2D eigenvalue weighted by atomic mass is 35.5. The van der Waals surface area contributed by atoms with Crippen molar-refractivity contribution in [1.82, 2.24) is 4.90 Å². The second-order valence-corrected chi connectivity index (χ2v) is 5.52. The van der Waals surface area contributed by atoms with Gasteiger partial charge in [0, 0.05) is 49.2 Å². The fourth-order valence-corrected chi connectivity index (χ4v) is 2.50. The minimum absolute atomic E-state index is 0.744. The van der Waals surface area contributed by atoms with Gasteiger partial charge in [0.25, 0.3) is 0 Å². The second kappa shape index (κ2) is 8.00. The molecule has 3 nitrogen and oxygen atoms in total. The zero-order valence-corrected chi connectivity index (χ0v) is 12.7. The average molecular weight is 301 g/mol. The van der Waals surface area contributed by atoms with E-state index < -0.39 is 0 Å². The molecule has 1 aromatic rings. The van der Waals surface area contributed by atoms with Crippen molar-refractivity contribution < 1.29 is 4.74 Å². The fourth-order valence-electron chi connectivity index (χ4n) is 2.24. The minimum atomic E-state index is 0.744. The first-order chi connectivity index (χ1) is 9.29. The lowest BCUT2D eigenvalue weighted by molar-refractivity contribution is 0.113. The molecule has 1 heterocycles. The third-order valence-corrected chi connectivity index (χ3v) is 3.79. The number of ether oxygens (including phenoxy) is 1. The SMILES string of the molecule is SCCOCCN1CCN(c2ccc(Cl)cc2)CC1. The Kier molecular flexibility index (Phi) is 6.31. The molecule has 1 aliphatic heterocycles. The third-order valence-electron chi connectivity index (χ3n) is 3.35. The fraction of sp³-hybridized carbons (Fsp3) is 0.571. The van der Waals surface area contributed by atoms with E-state index in [0.29, 0.717) is 0 Å². The molecule has 1 fully saturated rings. The largest absolute Gasteiger partial charge is 0.379 e. The van der Waals surface area contributed by atoms with Crippen LogP contribution in [0, 0.1) is 0 Å². The molecule has 0 amide bonds. The first kappa shape index (κ1) is 15.0. The van der Waals surface area contributed by atoms with Gasteiger partial charge in [-0.3, -0.25) is 4.90 Å². The molecular formula is C14H21ClN2OS. The van der Waals surface area contributed by atoms with Gasteiger partial charge in [0.1, 0.15) is 0 Å². The van der Waals surface area contributed by atoms with Gasteiger partial charge in [-0.2, -0.15) is 12.6 Å². The lowest BCUT2D eigenvalue weighted by atomic mass is 10.2. The number of rotatable bonds is 6. The maximum atomic E-state index is 5.91. The van der Waals surface area contributed by atoms with Crippen LogP contribution in [-0.4, -0.2) is 56.6 Å². The van der Waals surface area contributed by atoms with E-state index in [1.54, 1.807) is 0 Å². The van der Waals surface area contributed by atoms with Gasteiger partial charge >= 0.3 is 0 Å². The predicted molar refractivity (Wildman–Crippen MR) is 84.8 cm³/mol. The van der Waals surface area contributed by atoms with Crippen molar-refractivity contribution in [3.63, 3.8) is 0 Å². The van der Waals surface area contributed by atoms with Gasteiger partial charge < -0.3 is 9.64 Å². The number of thiol groups is 1. The van der Waals surface area contributed by atoms with Crippen molar-refractivity contribution in [3.05, 3.63) is 29.3 Å². The molecule has 5 heteroatoms. The lowest BCUT2D eigenvalue weighted by Crippen LogP contribution is -2.47. The zero-order valence-electron chi connectivity index (χ0n) is 11.1. The summed E-state index contributed by atoms with van der Waals surface area (Å²) in [5.74, 6) is 0.796. The molecule has 0 saturated carbocycles. The monoisotopic (exact) mass is 300 g/mol.